The minimum atomic E-state index is -1.09. The number of esters is 1. The lowest BCUT2D eigenvalue weighted by Crippen LogP contribution is -2.09. The number of ether oxygens (including phenoxy) is 1. The highest BCUT2D eigenvalue weighted by molar-refractivity contribution is 6.07. The quantitative estimate of drug-likeness (QED) is 0.436. The summed E-state index contributed by atoms with van der Waals surface area (Å²) in [4.78, 5) is 35.1. The number of rotatable bonds is 8. The summed E-state index contributed by atoms with van der Waals surface area (Å²) in [6.07, 6.45) is 3.22. The molecule has 0 unspecified atom stereocenters. The van der Waals surface area contributed by atoms with Crippen molar-refractivity contribution >= 4 is 23.8 Å². The number of carboxylic acid groups (broad SMARTS) is 1. The molecule has 2 rings (SSSR count). The van der Waals surface area contributed by atoms with E-state index in [4.69, 9.17) is 4.74 Å². The van der Waals surface area contributed by atoms with Crippen LogP contribution >= 0.6 is 0 Å². The summed E-state index contributed by atoms with van der Waals surface area (Å²) in [6.45, 7) is 5.19. The maximum Gasteiger partial charge on any atom is 0.336 e. The summed E-state index contributed by atoms with van der Waals surface area (Å²) in [5, 5.41) is 9.44. The van der Waals surface area contributed by atoms with Gasteiger partial charge in [-0.1, -0.05) is 55.1 Å². The summed E-state index contributed by atoms with van der Waals surface area (Å²) in [6, 6.07) is 13.6. The first-order valence-electron chi connectivity index (χ1n) is 8.35. The second-order valence-electron chi connectivity index (χ2n) is 5.96. The highest BCUT2D eigenvalue weighted by Crippen LogP contribution is 2.16. The standard InChI is InChI=1S/C22H20O5/c1-15(2)22(26)27-13-12-16-8-9-17(19(14-16)21(24)25)10-11-20(23)18-6-4-3-5-7-18/h3-11,14H,1,12-13H2,2H3,(H,24,25). The molecule has 0 atom stereocenters. The molecule has 2 aromatic rings. The van der Waals surface area contributed by atoms with Crippen molar-refractivity contribution in [2.45, 2.75) is 13.3 Å². The fourth-order valence-corrected chi connectivity index (χ4v) is 2.34. The molecule has 0 amide bonds. The molecule has 0 saturated carbocycles. The normalized spacial score (nSPS) is 10.6. The van der Waals surface area contributed by atoms with Crippen LogP contribution in [0.2, 0.25) is 0 Å². The fraction of sp³-hybridized carbons (Fsp3) is 0.136. The lowest BCUT2D eigenvalue weighted by Gasteiger charge is -2.07. The molecule has 0 heterocycles. The number of carboxylic acids is 1. The van der Waals surface area contributed by atoms with Gasteiger partial charge < -0.3 is 9.84 Å². The Morgan fingerprint density at radius 1 is 1.11 bits per heavy atom. The van der Waals surface area contributed by atoms with Crippen LogP contribution in [0.1, 0.15) is 38.8 Å². The van der Waals surface area contributed by atoms with Gasteiger partial charge in [-0.25, -0.2) is 9.59 Å². The molecule has 5 nitrogen and oxygen atoms in total. The van der Waals surface area contributed by atoms with Gasteiger partial charge >= 0.3 is 11.9 Å². The predicted molar refractivity (Wildman–Crippen MR) is 103 cm³/mol. The third-order valence-electron chi connectivity index (χ3n) is 3.79. The van der Waals surface area contributed by atoms with Crippen LogP contribution in [0.5, 0.6) is 0 Å². The maximum atomic E-state index is 12.1. The number of hydrogen-bond donors (Lipinski definition) is 1. The van der Waals surface area contributed by atoms with Crippen LogP contribution in [-0.4, -0.2) is 29.4 Å². The van der Waals surface area contributed by atoms with E-state index in [9.17, 15) is 19.5 Å². The summed E-state index contributed by atoms with van der Waals surface area (Å²) < 4.78 is 5.02. The first-order valence-corrected chi connectivity index (χ1v) is 8.35. The number of aromatic carboxylic acids is 1. The number of carbonyl (C=O) groups is 3. The zero-order valence-electron chi connectivity index (χ0n) is 15.0. The van der Waals surface area contributed by atoms with Gasteiger partial charge in [0.05, 0.1) is 12.2 Å². The van der Waals surface area contributed by atoms with Gasteiger partial charge in [-0.3, -0.25) is 4.79 Å². The van der Waals surface area contributed by atoms with E-state index in [1.165, 1.54) is 18.2 Å². The summed E-state index contributed by atoms with van der Waals surface area (Å²) in [5.41, 5.74) is 2.06. The van der Waals surface area contributed by atoms with E-state index < -0.39 is 11.9 Å². The zero-order chi connectivity index (χ0) is 19.8. The topological polar surface area (TPSA) is 80.7 Å². The molecule has 138 valence electrons. The van der Waals surface area contributed by atoms with Crippen LogP contribution in [0.15, 0.2) is 66.8 Å². The van der Waals surface area contributed by atoms with Crippen LogP contribution in [0, 0.1) is 0 Å². The van der Waals surface area contributed by atoms with Gasteiger partial charge in [0, 0.05) is 17.6 Å². The van der Waals surface area contributed by atoms with Gasteiger partial charge in [-0.2, -0.15) is 0 Å². The largest absolute Gasteiger partial charge is 0.478 e. The Hall–Kier alpha value is -3.47. The molecule has 2 aromatic carbocycles. The molecule has 0 radical (unpaired) electrons. The third kappa shape index (κ3) is 5.78. The number of hydrogen-bond acceptors (Lipinski definition) is 4. The van der Waals surface area contributed by atoms with Crippen LogP contribution in [0.25, 0.3) is 6.08 Å². The molecule has 0 saturated heterocycles. The zero-order valence-corrected chi connectivity index (χ0v) is 15.0. The predicted octanol–water partition coefficient (Wildman–Crippen LogP) is 3.94. The number of ketones is 1. The SMILES string of the molecule is C=C(C)C(=O)OCCc1ccc(C=CC(=O)c2ccccc2)c(C(=O)O)c1. The summed E-state index contributed by atoms with van der Waals surface area (Å²) in [7, 11) is 0. The average Bonchev–Trinajstić information content (AvgIpc) is 2.66. The molecular weight excluding hydrogens is 344 g/mol. The van der Waals surface area contributed by atoms with Crippen LogP contribution in [-0.2, 0) is 16.0 Å². The second kappa shape index (κ2) is 9.29. The van der Waals surface area contributed by atoms with Gasteiger partial charge in [0.15, 0.2) is 5.78 Å². The number of allylic oxidation sites excluding steroid dienone is 1. The Labute approximate surface area is 157 Å². The van der Waals surface area contributed by atoms with E-state index in [0.717, 1.165) is 0 Å². The van der Waals surface area contributed by atoms with Crippen molar-refractivity contribution in [3.8, 4) is 0 Å². The van der Waals surface area contributed by atoms with Crippen molar-refractivity contribution in [3.05, 3.63) is 89.0 Å². The van der Waals surface area contributed by atoms with Crippen molar-refractivity contribution in [3.63, 3.8) is 0 Å². The molecule has 0 aromatic heterocycles. The van der Waals surface area contributed by atoms with E-state index in [1.54, 1.807) is 43.3 Å². The number of benzene rings is 2. The Morgan fingerprint density at radius 2 is 1.81 bits per heavy atom. The minimum absolute atomic E-state index is 0.0795. The third-order valence-corrected chi connectivity index (χ3v) is 3.79. The Bertz CT molecular complexity index is 894. The van der Waals surface area contributed by atoms with Crippen molar-refractivity contribution in [1.29, 1.82) is 0 Å². The molecule has 0 fully saturated rings. The van der Waals surface area contributed by atoms with E-state index in [-0.39, 0.29) is 18.0 Å². The average molecular weight is 364 g/mol. The molecule has 5 heteroatoms. The van der Waals surface area contributed by atoms with Gasteiger partial charge in [-0.15, -0.1) is 0 Å². The van der Waals surface area contributed by atoms with Crippen molar-refractivity contribution in [1.82, 2.24) is 0 Å². The fourth-order valence-electron chi connectivity index (χ4n) is 2.34. The Kier molecular flexibility index (Phi) is 6.83. The Morgan fingerprint density at radius 3 is 2.44 bits per heavy atom. The van der Waals surface area contributed by atoms with Gasteiger partial charge in [0.1, 0.15) is 0 Å². The van der Waals surface area contributed by atoms with E-state index >= 15 is 0 Å². The van der Waals surface area contributed by atoms with E-state index in [2.05, 4.69) is 6.58 Å². The smallest absolute Gasteiger partial charge is 0.336 e. The van der Waals surface area contributed by atoms with Crippen LogP contribution < -0.4 is 0 Å². The molecule has 1 N–H and O–H groups in total. The van der Waals surface area contributed by atoms with Crippen molar-refractivity contribution < 1.29 is 24.2 Å². The first kappa shape index (κ1) is 19.8. The molecular formula is C22H20O5. The maximum absolute atomic E-state index is 12.1. The monoisotopic (exact) mass is 364 g/mol. The summed E-state index contributed by atoms with van der Waals surface area (Å²) >= 11 is 0. The highest BCUT2D eigenvalue weighted by Gasteiger charge is 2.11. The summed E-state index contributed by atoms with van der Waals surface area (Å²) in [5.74, 6) is -1.78. The van der Waals surface area contributed by atoms with Crippen LogP contribution in [0.3, 0.4) is 0 Å². The van der Waals surface area contributed by atoms with E-state index in [1.807, 2.05) is 6.07 Å². The molecule has 0 aliphatic heterocycles. The van der Waals surface area contributed by atoms with Crippen LogP contribution in [0.4, 0.5) is 0 Å². The van der Waals surface area contributed by atoms with Crippen molar-refractivity contribution in [2.24, 2.45) is 0 Å². The highest BCUT2D eigenvalue weighted by atomic mass is 16.5. The first-order chi connectivity index (χ1) is 12.9. The lowest BCUT2D eigenvalue weighted by molar-refractivity contribution is -0.138. The van der Waals surface area contributed by atoms with Crippen molar-refractivity contribution in [2.75, 3.05) is 6.61 Å². The van der Waals surface area contributed by atoms with Gasteiger partial charge in [0.2, 0.25) is 0 Å². The minimum Gasteiger partial charge on any atom is -0.478 e. The molecule has 0 bridgehead atoms. The molecule has 0 aliphatic rings. The van der Waals surface area contributed by atoms with E-state index in [0.29, 0.717) is 28.7 Å². The second-order valence-corrected chi connectivity index (χ2v) is 5.96. The molecule has 27 heavy (non-hydrogen) atoms. The lowest BCUT2D eigenvalue weighted by atomic mass is 10.0. The van der Waals surface area contributed by atoms with Gasteiger partial charge in [-0.05, 0) is 30.2 Å². The molecule has 0 spiro atoms. The van der Waals surface area contributed by atoms with Gasteiger partial charge in [0.25, 0.3) is 0 Å². The Balaban J connectivity index is 2.12. The molecule has 0 aliphatic carbocycles. The number of carbonyl (C=O) groups excluding carboxylic acids is 2.